The third-order valence-electron chi connectivity index (χ3n) is 3.66. The fourth-order valence-electron chi connectivity index (χ4n) is 2.34. The third-order valence-corrected chi connectivity index (χ3v) is 3.66. The van der Waals surface area contributed by atoms with Crippen molar-refractivity contribution in [2.45, 2.75) is 39.3 Å². The number of nitrogens with two attached hydrogens (primary N) is 1. The van der Waals surface area contributed by atoms with Gasteiger partial charge in [0.25, 0.3) is 0 Å². The highest BCUT2D eigenvalue weighted by Gasteiger charge is 2.19. The van der Waals surface area contributed by atoms with Crippen molar-refractivity contribution in [3.05, 3.63) is 35.2 Å². The molecule has 94 valence electrons. The highest BCUT2D eigenvalue weighted by Crippen LogP contribution is 2.21. The van der Waals surface area contributed by atoms with Crippen LogP contribution in [0.1, 0.15) is 23.4 Å². The summed E-state index contributed by atoms with van der Waals surface area (Å²) in [5, 5.41) is 4.57. The molecule has 1 aromatic carbocycles. The lowest BCUT2D eigenvalue weighted by Gasteiger charge is -2.17. The summed E-state index contributed by atoms with van der Waals surface area (Å²) in [5.74, 6) is 1.88. The maximum Gasteiger partial charge on any atom is 0.181 e. The van der Waals surface area contributed by atoms with Crippen molar-refractivity contribution in [2.24, 2.45) is 5.73 Å². The summed E-state index contributed by atoms with van der Waals surface area (Å²) in [6.07, 6.45) is 1.93. The molecule has 0 saturated carbocycles. The van der Waals surface area contributed by atoms with Gasteiger partial charge in [0, 0.05) is 18.0 Å². The van der Waals surface area contributed by atoms with E-state index >= 15 is 0 Å². The second-order valence-electron chi connectivity index (χ2n) is 5.13. The molecule has 2 N–H and O–H groups in total. The first kappa shape index (κ1) is 11.4. The number of aromatic nitrogens is 3. The first-order valence-corrected chi connectivity index (χ1v) is 6.40. The number of fused-ring (bicyclic) bond motifs is 1. The summed E-state index contributed by atoms with van der Waals surface area (Å²) < 4.78 is 1.96. The van der Waals surface area contributed by atoms with E-state index in [1.54, 1.807) is 0 Å². The highest BCUT2D eigenvalue weighted by molar-refractivity contribution is 5.57. The van der Waals surface area contributed by atoms with E-state index in [2.05, 4.69) is 42.1 Å². The van der Waals surface area contributed by atoms with Gasteiger partial charge in [0.1, 0.15) is 5.82 Å². The van der Waals surface area contributed by atoms with Crippen molar-refractivity contribution in [1.29, 1.82) is 0 Å². The van der Waals surface area contributed by atoms with Crippen molar-refractivity contribution >= 4 is 0 Å². The molecule has 0 spiro atoms. The van der Waals surface area contributed by atoms with Crippen LogP contribution in [0.25, 0.3) is 11.4 Å². The normalized spacial score (nSPS) is 18.7. The zero-order valence-electron chi connectivity index (χ0n) is 10.8. The Bertz CT molecular complexity index is 585. The summed E-state index contributed by atoms with van der Waals surface area (Å²) in [5.41, 5.74) is 9.62. The summed E-state index contributed by atoms with van der Waals surface area (Å²) in [7, 11) is 0. The zero-order chi connectivity index (χ0) is 12.7. The van der Waals surface area contributed by atoms with Crippen LogP contribution in [0.3, 0.4) is 0 Å². The lowest BCUT2D eigenvalue weighted by Crippen LogP contribution is -2.32. The Kier molecular flexibility index (Phi) is 2.67. The van der Waals surface area contributed by atoms with Gasteiger partial charge in [0.2, 0.25) is 0 Å². The van der Waals surface area contributed by atoms with Crippen LogP contribution in [0.2, 0.25) is 0 Å². The molecular weight excluding hydrogens is 224 g/mol. The second-order valence-corrected chi connectivity index (χ2v) is 5.13. The molecule has 1 aliphatic heterocycles. The number of benzene rings is 1. The van der Waals surface area contributed by atoms with Gasteiger partial charge in [-0.1, -0.05) is 12.1 Å². The maximum absolute atomic E-state index is 5.95. The lowest BCUT2D eigenvalue weighted by molar-refractivity contribution is 0.422. The molecule has 4 heteroatoms. The molecule has 1 unspecified atom stereocenters. The van der Waals surface area contributed by atoms with E-state index in [1.807, 2.05) is 4.68 Å². The molecule has 4 nitrogen and oxygen atoms in total. The summed E-state index contributed by atoms with van der Waals surface area (Å²) >= 11 is 0. The topological polar surface area (TPSA) is 56.7 Å². The first-order chi connectivity index (χ1) is 8.63. The fourth-order valence-corrected chi connectivity index (χ4v) is 2.34. The van der Waals surface area contributed by atoms with Crippen LogP contribution < -0.4 is 5.73 Å². The van der Waals surface area contributed by atoms with Gasteiger partial charge in [-0.2, -0.15) is 5.10 Å². The Hall–Kier alpha value is -1.68. The quantitative estimate of drug-likeness (QED) is 0.830. The van der Waals surface area contributed by atoms with Crippen molar-refractivity contribution in [3.63, 3.8) is 0 Å². The fraction of sp³-hybridized carbons (Fsp3) is 0.429. The van der Waals surface area contributed by atoms with Gasteiger partial charge in [0.05, 0.1) is 6.54 Å². The molecular formula is C14H18N4. The van der Waals surface area contributed by atoms with Crippen LogP contribution in [-0.2, 0) is 13.0 Å². The third kappa shape index (κ3) is 1.93. The molecule has 0 amide bonds. The number of hydrogen-bond acceptors (Lipinski definition) is 3. The summed E-state index contributed by atoms with van der Waals surface area (Å²) in [6, 6.07) is 6.57. The van der Waals surface area contributed by atoms with Gasteiger partial charge in [-0.15, -0.1) is 0 Å². The van der Waals surface area contributed by atoms with Crippen LogP contribution in [0.5, 0.6) is 0 Å². The molecule has 0 aliphatic carbocycles. The average Bonchev–Trinajstić information content (AvgIpc) is 2.75. The zero-order valence-corrected chi connectivity index (χ0v) is 10.8. The maximum atomic E-state index is 5.95. The number of rotatable bonds is 1. The molecule has 0 saturated heterocycles. The van der Waals surface area contributed by atoms with Crippen LogP contribution in [-0.4, -0.2) is 20.8 Å². The van der Waals surface area contributed by atoms with Gasteiger partial charge in [-0.3, -0.25) is 0 Å². The minimum absolute atomic E-state index is 0.215. The summed E-state index contributed by atoms with van der Waals surface area (Å²) in [4.78, 5) is 4.62. The SMILES string of the molecule is Cc1ccc(-c2nc3n(n2)CC(N)CC3)cc1C. The minimum Gasteiger partial charge on any atom is -0.326 e. The van der Waals surface area contributed by atoms with Crippen molar-refractivity contribution in [2.75, 3.05) is 0 Å². The number of nitrogens with zero attached hydrogens (tertiary/aromatic N) is 3. The Morgan fingerprint density at radius 1 is 1.28 bits per heavy atom. The predicted molar refractivity (Wildman–Crippen MR) is 71.2 cm³/mol. The standard InChI is InChI=1S/C14H18N4/c1-9-3-4-11(7-10(9)2)14-16-13-6-5-12(15)8-18(13)17-14/h3-4,7,12H,5-6,8,15H2,1-2H3. The van der Waals surface area contributed by atoms with E-state index in [-0.39, 0.29) is 6.04 Å². The van der Waals surface area contributed by atoms with E-state index in [0.29, 0.717) is 0 Å². The van der Waals surface area contributed by atoms with Crippen LogP contribution in [0, 0.1) is 13.8 Å². The van der Waals surface area contributed by atoms with Gasteiger partial charge in [-0.05, 0) is 37.5 Å². The molecule has 1 aliphatic rings. The van der Waals surface area contributed by atoms with E-state index in [1.165, 1.54) is 11.1 Å². The molecule has 1 atom stereocenters. The summed E-state index contributed by atoms with van der Waals surface area (Å²) in [6.45, 7) is 5.02. The molecule has 0 fully saturated rings. The van der Waals surface area contributed by atoms with Crippen molar-refractivity contribution < 1.29 is 0 Å². The van der Waals surface area contributed by atoms with E-state index in [9.17, 15) is 0 Å². The monoisotopic (exact) mass is 242 g/mol. The molecule has 2 heterocycles. The molecule has 18 heavy (non-hydrogen) atoms. The Labute approximate surface area is 107 Å². The van der Waals surface area contributed by atoms with E-state index in [4.69, 9.17) is 5.73 Å². The Morgan fingerprint density at radius 2 is 2.11 bits per heavy atom. The number of hydrogen-bond donors (Lipinski definition) is 1. The Balaban J connectivity index is 2.00. The lowest BCUT2D eigenvalue weighted by atomic mass is 10.1. The van der Waals surface area contributed by atoms with Crippen molar-refractivity contribution in [1.82, 2.24) is 14.8 Å². The molecule has 1 aromatic heterocycles. The van der Waals surface area contributed by atoms with Crippen LogP contribution >= 0.6 is 0 Å². The minimum atomic E-state index is 0.215. The largest absolute Gasteiger partial charge is 0.326 e. The van der Waals surface area contributed by atoms with Gasteiger partial charge in [-0.25, -0.2) is 9.67 Å². The van der Waals surface area contributed by atoms with Crippen LogP contribution in [0.4, 0.5) is 0 Å². The second kappa shape index (κ2) is 4.21. The van der Waals surface area contributed by atoms with Crippen LogP contribution in [0.15, 0.2) is 18.2 Å². The van der Waals surface area contributed by atoms with Gasteiger partial charge >= 0.3 is 0 Å². The Morgan fingerprint density at radius 3 is 2.89 bits per heavy atom. The van der Waals surface area contributed by atoms with E-state index < -0.39 is 0 Å². The highest BCUT2D eigenvalue weighted by atomic mass is 15.4. The molecule has 2 aromatic rings. The smallest absolute Gasteiger partial charge is 0.181 e. The van der Waals surface area contributed by atoms with Crippen molar-refractivity contribution in [3.8, 4) is 11.4 Å². The van der Waals surface area contributed by atoms with Gasteiger partial charge in [0.15, 0.2) is 5.82 Å². The predicted octanol–water partition coefficient (Wildman–Crippen LogP) is 1.84. The molecule has 0 bridgehead atoms. The molecule has 3 rings (SSSR count). The number of aryl methyl sites for hydroxylation is 3. The average molecular weight is 242 g/mol. The van der Waals surface area contributed by atoms with E-state index in [0.717, 1.165) is 36.6 Å². The van der Waals surface area contributed by atoms with Gasteiger partial charge < -0.3 is 5.73 Å². The first-order valence-electron chi connectivity index (χ1n) is 6.40. The molecule has 0 radical (unpaired) electrons.